The predicted octanol–water partition coefficient (Wildman–Crippen LogP) is 0.280. The third-order valence-electron chi connectivity index (χ3n) is 3.00. The van der Waals surface area contributed by atoms with Crippen molar-refractivity contribution in [3.63, 3.8) is 0 Å². The zero-order valence-corrected chi connectivity index (χ0v) is 7.38. The van der Waals surface area contributed by atoms with E-state index in [4.69, 9.17) is 4.74 Å². The molecule has 0 amide bonds. The first-order valence-corrected chi connectivity index (χ1v) is 4.86. The first-order chi connectivity index (χ1) is 5.83. The van der Waals surface area contributed by atoms with Crippen LogP contribution in [0.1, 0.15) is 25.7 Å². The van der Waals surface area contributed by atoms with Gasteiger partial charge in [0, 0.05) is 13.2 Å². The summed E-state index contributed by atoms with van der Waals surface area (Å²) in [6.45, 7) is 2.71. The summed E-state index contributed by atoms with van der Waals surface area (Å²) in [6, 6.07) is 0. The molecule has 2 heterocycles. The molecule has 0 bridgehead atoms. The zero-order chi connectivity index (χ0) is 8.44. The van der Waals surface area contributed by atoms with Gasteiger partial charge in [0.15, 0.2) is 0 Å². The lowest BCUT2D eigenvalue weighted by atomic mass is 9.84. The third-order valence-corrected chi connectivity index (χ3v) is 3.00. The molecule has 3 heteroatoms. The first kappa shape index (κ1) is 8.48. The molecule has 2 aliphatic heterocycles. The van der Waals surface area contributed by atoms with E-state index >= 15 is 0 Å². The van der Waals surface area contributed by atoms with E-state index in [0.29, 0.717) is 0 Å². The normalized spacial score (nSPS) is 43.2. The molecular formula is C9H17NO2. The van der Waals surface area contributed by atoms with Gasteiger partial charge in [0.25, 0.3) is 0 Å². The SMILES string of the molecule is OC1CCCOC12CCCNC2. The quantitative estimate of drug-likeness (QED) is 0.550. The van der Waals surface area contributed by atoms with Crippen molar-refractivity contribution in [1.29, 1.82) is 0 Å². The first-order valence-electron chi connectivity index (χ1n) is 4.86. The standard InChI is InChI=1S/C9H17NO2/c11-8-3-1-6-12-9(8)4-2-5-10-7-9/h8,10-11H,1-7H2. The van der Waals surface area contributed by atoms with Crippen molar-refractivity contribution in [3.05, 3.63) is 0 Å². The van der Waals surface area contributed by atoms with Crippen LogP contribution in [0.5, 0.6) is 0 Å². The van der Waals surface area contributed by atoms with E-state index in [-0.39, 0.29) is 11.7 Å². The van der Waals surface area contributed by atoms with Gasteiger partial charge in [-0.05, 0) is 32.2 Å². The van der Waals surface area contributed by atoms with Crippen LogP contribution in [0.15, 0.2) is 0 Å². The second-order valence-electron chi connectivity index (χ2n) is 3.85. The van der Waals surface area contributed by atoms with Crippen LogP contribution in [-0.2, 0) is 4.74 Å². The van der Waals surface area contributed by atoms with Crippen molar-refractivity contribution in [2.45, 2.75) is 37.4 Å². The molecule has 1 spiro atoms. The molecule has 2 saturated heterocycles. The minimum atomic E-state index is -0.251. The molecular weight excluding hydrogens is 154 g/mol. The highest BCUT2D eigenvalue weighted by molar-refractivity contribution is 4.95. The lowest BCUT2D eigenvalue weighted by Gasteiger charge is -2.44. The summed E-state index contributed by atoms with van der Waals surface area (Å²) in [5, 5.41) is 13.1. The summed E-state index contributed by atoms with van der Waals surface area (Å²) in [5.41, 5.74) is -0.240. The van der Waals surface area contributed by atoms with Crippen LogP contribution in [0, 0.1) is 0 Å². The second kappa shape index (κ2) is 3.32. The van der Waals surface area contributed by atoms with E-state index < -0.39 is 0 Å². The molecule has 3 nitrogen and oxygen atoms in total. The van der Waals surface area contributed by atoms with Gasteiger partial charge in [0.2, 0.25) is 0 Å². The van der Waals surface area contributed by atoms with E-state index in [1.165, 1.54) is 0 Å². The second-order valence-corrected chi connectivity index (χ2v) is 3.85. The maximum absolute atomic E-state index is 9.82. The predicted molar refractivity (Wildman–Crippen MR) is 46.0 cm³/mol. The molecule has 0 radical (unpaired) electrons. The number of ether oxygens (including phenoxy) is 1. The van der Waals surface area contributed by atoms with Gasteiger partial charge in [0.05, 0.1) is 6.10 Å². The smallest absolute Gasteiger partial charge is 0.106 e. The van der Waals surface area contributed by atoms with Crippen molar-refractivity contribution in [2.75, 3.05) is 19.7 Å². The number of hydrogen-bond acceptors (Lipinski definition) is 3. The minimum absolute atomic E-state index is 0.240. The molecule has 2 fully saturated rings. The molecule has 0 aliphatic carbocycles. The molecule has 2 N–H and O–H groups in total. The lowest BCUT2D eigenvalue weighted by Crippen LogP contribution is -2.57. The Morgan fingerprint density at radius 1 is 1.42 bits per heavy atom. The molecule has 2 rings (SSSR count). The highest BCUT2D eigenvalue weighted by atomic mass is 16.5. The molecule has 0 aromatic rings. The highest BCUT2D eigenvalue weighted by Crippen LogP contribution is 2.31. The van der Waals surface area contributed by atoms with E-state index in [0.717, 1.165) is 45.4 Å². The van der Waals surface area contributed by atoms with Gasteiger partial charge < -0.3 is 15.2 Å². The van der Waals surface area contributed by atoms with Crippen LogP contribution >= 0.6 is 0 Å². The summed E-state index contributed by atoms with van der Waals surface area (Å²) >= 11 is 0. The Hall–Kier alpha value is -0.120. The van der Waals surface area contributed by atoms with Crippen molar-refractivity contribution >= 4 is 0 Å². The summed E-state index contributed by atoms with van der Waals surface area (Å²) < 4.78 is 5.71. The van der Waals surface area contributed by atoms with Gasteiger partial charge in [-0.1, -0.05) is 0 Å². The van der Waals surface area contributed by atoms with E-state index in [1.807, 2.05) is 0 Å². The Morgan fingerprint density at radius 2 is 2.33 bits per heavy atom. The molecule has 0 aromatic carbocycles. The highest BCUT2D eigenvalue weighted by Gasteiger charge is 2.41. The summed E-state index contributed by atoms with van der Waals surface area (Å²) in [4.78, 5) is 0. The molecule has 0 aromatic heterocycles. The average molecular weight is 171 g/mol. The fourth-order valence-corrected chi connectivity index (χ4v) is 2.22. The molecule has 0 saturated carbocycles. The number of aliphatic hydroxyl groups excluding tert-OH is 1. The topological polar surface area (TPSA) is 41.5 Å². The van der Waals surface area contributed by atoms with Crippen molar-refractivity contribution < 1.29 is 9.84 Å². The van der Waals surface area contributed by atoms with E-state index in [9.17, 15) is 5.11 Å². The Morgan fingerprint density at radius 3 is 3.00 bits per heavy atom. The van der Waals surface area contributed by atoms with Crippen LogP contribution in [0.2, 0.25) is 0 Å². The fourth-order valence-electron chi connectivity index (χ4n) is 2.22. The summed E-state index contributed by atoms with van der Waals surface area (Å²) in [6.07, 6.45) is 3.79. The minimum Gasteiger partial charge on any atom is -0.390 e. The van der Waals surface area contributed by atoms with Gasteiger partial charge in [-0.3, -0.25) is 0 Å². The number of hydrogen-bond donors (Lipinski definition) is 2. The van der Waals surface area contributed by atoms with Gasteiger partial charge in [-0.2, -0.15) is 0 Å². The van der Waals surface area contributed by atoms with Crippen LogP contribution in [0.25, 0.3) is 0 Å². The number of nitrogens with one attached hydrogen (secondary N) is 1. The zero-order valence-electron chi connectivity index (χ0n) is 7.38. The summed E-state index contributed by atoms with van der Waals surface area (Å²) in [7, 11) is 0. The third kappa shape index (κ3) is 1.37. The van der Waals surface area contributed by atoms with Gasteiger partial charge in [0.1, 0.15) is 5.60 Å². The number of rotatable bonds is 0. The molecule has 2 unspecified atom stereocenters. The largest absolute Gasteiger partial charge is 0.390 e. The van der Waals surface area contributed by atoms with E-state index in [2.05, 4.69) is 5.32 Å². The number of aliphatic hydroxyl groups is 1. The van der Waals surface area contributed by atoms with Crippen LogP contribution in [0.4, 0.5) is 0 Å². The molecule has 2 aliphatic rings. The van der Waals surface area contributed by atoms with Crippen LogP contribution in [-0.4, -0.2) is 36.5 Å². The van der Waals surface area contributed by atoms with E-state index in [1.54, 1.807) is 0 Å². The maximum Gasteiger partial charge on any atom is 0.106 e. The van der Waals surface area contributed by atoms with Crippen LogP contribution in [0.3, 0.4) is 0 Å². The number of piperidine rings is 1. The Kier molecular flexibility index (Phi) is 2.35. The Labute approximate surface area is 73.1 Å². The summed E-state index contributed by atoms with van der Waals surface area (Å²) in [5.74, 6) is 0. The van der Waals surface area contributed by atoms with Crippen molar-refractivity contribution in [2.24, 2.45) is 0 Å². The van der Waals surface area contributed by atoms with Gasteiger partial charge >= 0.3 is 0 Å². The Balaban J connectivity index is 2.04. The average Bonchev–Trinajstić information content (AvgIpc) is 2.12. The molecule has 70 valence electrons. The van der Waals surface area contributed by atoms with Crippen molar-refractivity contribution in [3.8, 4) is 0 Å². The lowest BCUT2D eigenvalue weighted by molar-refractivity contribution is -0.162. The van der Waals surface area contributed by atoms with Gasteiger partial charge in [-0.15, -0.1) is 0 Å². The van der Waals surface area contributed by atoms with Crippen molar-refractivity contribution in [1.82, 2.24) is 5.32 Å². The molecule has 2 atom stereocenters. The van der Waals surface area contributed by atoms with Crippen LogP contribution < -0.4 is 5.32 Å². The monoisotopic (exact) mass is 171 g/mol. The Bertz CT molecular complexity index is 146. The fraction of sp³-hybridized carbons (Fsp3) is 1.00. The maximum atomic E-state index is 9.82. The molecule has 12 heavy (non-hydrogen) atoms. The van der Waals surface area contributed by atoms with Gasteiger partial charge in [-0.25, -0.2) is 0 Å².